The van der Waals surface area contributed by atoms with Crippen molar-refractivity contribution in [1.82, 2.24) is 19.7 Å². The van der Waals surface area contributed by atoms with Crippen LogP contribution in [0.25, 0.3) is 11.5 Å². The number of halogens is 1. The first kappa shape index (κ1) is 9.91. The molecule has 0 radical (unpaired) electrons. The maximum absolute atomic E-state index is 5.77. The van der Waals surface area contributed by atoms with Gasteiger partial charge in [0.05, 0.1) is 4.47 Å². The normalized spacial score (nSPS) is 10.5. The van der Waals surface area contributed by atoms with Crippen LogP contribution in [0.4, 0.5) is 11.5 Å². The number of nitrogens with zero attached hydrogens (tertiary/aromatic N) is 4. The summed E-state index contributed by atoms with van der Waals surface area (Å²) in [7, 11) is 1.74. The fourth-order valence-electron chi connectivity index (χ4n) is 1.26. The van der Waals surface area contributed by atoms with Gasteiger partial charge in [0.15, 0.2) is 11.6 Å². The molecule has 15 heavy (non-hydrogen) atoms. The highest BCUT2D eigenvalue weighted by atomic mass is 79.9. The zero-order chi connectivity index (χ0) is 11.0. The monoisotopic (exact) mass is 268 g/mol. The molecule has 2 rings (SSSR count). The molecule has 0 bridgehead atoms. The quantitative estimate of drug-likeness (QED) is 0.798. The average Bonchev–Trinajstić information content (AvgIpc) is 2.44. The largest absolute Gasteiger partial charge is 0.394 e. The van der Waals surface area contributed by atoms with E-state index >= 15 is 0 Å². The fraction of sp³-hybridized carbons (Fsp3) is 0.125. The number of nitrogen functional groups attached to an aromatic ring is 2. The lowest BCUT2D eigenvalue weighted by atomic mass is 10.3. The summed E-state index contributed by atoms with van der Waals surface area (Å²) >= 11 is 3.26. The summed E-state index contributed by atoms with van der Waals surface area (Å²) in [6.45, 7) is 0. The van der Waals surface area contributed by atoms with Gasteiger partial charge in [0.25, 0.3) is 0 Å². The second kappa shape index (κ2) is 3.50. The summed E-state index contributed by atoms with van der Waals surface area (Å²) in [5, 5.41) is 3.99. The molecule has 0 aliphatic carbocycles. The summed E-state index contributed by atoms with van der Waals surface area (Å²) in [4.78, 5) is 8.26. The molecular formula is C8H9BrN6. The van der Waals surface area contributed by atoms with Crippen molar-refractivity contribution < 1.29 is 0 Å². The van der Waals surface area contributed by atoms with E-state index < -0.39 is 0 Å². The van der Waals surface area contributed by atoms with E-state index in [1.165, 1.54) is 0 Å². The molecule has 0 saturated heterocycles. The molecule has 7 heteroatoms. The molecular weight excluding hydrogens is 260 g/mol. The first-order valence-corrected chi connectivity index (χ1v) is 4.94. The van der Waals surface area contributed by atoms with Crippen molar-refractivity contribution in [2.45, 2.75) is 0 Å². The number of anilines is 2. The van der Waals surface area contributed by atoms with Crippen molar-refractivity contribution in [3.05, 3.63) is 16.9 Å². The van der Waals surface area contributed by atoms with Crippen LogP contribution in [0, 0.1) is 0 Å². The SMILES string of the molecule is Cn1nc(N)c(N)c1-c1ncc(Br)cn1. The first-order chi connectivity index (χ1) is 7.09. The van der Waals surface area contributed by atoms with Crippen LogP contribution < -0.4 is 11.5 Å². The molecule has 0 saturated carbocycles. The molecule has 0 spiro atoms. The maximum Gasteiger partial charge on any atom is 0.180 e. The van der Waals surface area contributed by atoms with Crippen molar-refractivity contribution >= 4 is 27.4 Å². The van der Waals surface area contributed by atoms with Gasteiger partial charge in [-0.2, -0.15) is 5.10 Å². The third kappa shape index (κ3) is 1.65. The summed E-state index contributed by atoms with van der Waals surface area (Å²) in [5.74, 6) is 0.793. The second-order valence-electron chi connectivity index (χ2n) is 3.00. The van der Waals surface area contributed by atoms with Gasteiger partial charge >= 0.3 is 0 Å². The van der Waals surface area contributed by atoms with E-state index in [2.05, 4.69) is 31.0 Å². The van der Waals surface area contributed by atoms with Crippen LogP contribution in [0.15, 0.2) is 16.9 Å². The number of aryl methyl sites for hydroxylation is 1. The van der Waals surface area contributed by atoms with Gasteiger partial charge in [0.2, 0.25) is 0 Å². The Hall–Kier alpha value is -1.63. The highest BCUT2D eigenvalue weighted by Crippen LogP contribution is 2.26. The van der Waals surface area contributed by atoms with E-state index in [0.717, 1.165) is 4.47 Å². The van der Waals surface area contributed by atoms with E-state index in [4.69, 9.17) is 11.5 Å². The van der Waals surface area contributed by atoms with Crippen molar-refractivity contribution in [3.63, 3.8) is 0 Å². The Labute approximate surface area is 94.4 Å². The first-order valence-electron chi connectivity index (χ1n) is 4.15. The molecule has 4 N–H and O–H groups in total. The predicted octanol–water partition coefficient (Wildman–Crippen LogP) is 0.804. The molecule has 0 aliphatic rings. The molecule has 0 fully saturated rings. The van der Waals surface area contributed by atoms with Gasteiger partial charge in [-0.05, 0) is 15.9 Å². The highest BCUT2D eigenvalue weighted by Gasteiger charge is 2.14. The number of nitrogens with two attached hydrogens (primary N) is 2. The van der Waals surface area contributed by atoms with E-state index in [1.807, 2.05) is 0 Å². The van der Waals surface area contributed by atoms with Gasteiger partial charge in [-0.3, -0.25) is 4.68 Å². The number of aromatic nitrogens is 4. The summed E-state index contributed by atoms with van der Waals surface area (Å²) in [6.07, 6.45) is 3.29. The van der Waals surface area contributed by atoms with Crippen molar-refractivity contribution in [2.24, 2.45) is 7.05 Å². The maximum atomic E-state index is 5.77. The average molecular weight is 269 g/mol. The van der Waals surface area contributed by atoms with Gasteiger partial charge in [-0.15, -0.1) is 0 Å². The lowest BCUT2D eigenvalue weighted by molar-refractivity contribution is 0.774. The third-order valence-corrected chi connectivity index (χ3v) is 2.35. The summed E-state index contributed by atoms with van der Waals surface area (Å²) < 4.78 is 2.37. The van der Waals surface area contributed by atoms with Crippen LogP contribution in [0.5, 0.6) is 0 Å². The van der Waals surface area contributed by atoms with E-state index in [9.17, 15) is 0 Å². The standard InChI is InChI=1S/C8H9BrN6/c1-15-6(5(10)7(11)14-15)8-12-2-4(9)3-13-8/h2-3H,10H2,1H3,(H2,11,14). The number of hydrogen-bond acceptors (Lipinski definition) is 5. The second-order valence-corrected chi connectivity index (χ2v) is 3.91. The molecule has 2 aromatic rings. The Balaban J connectivity index is 2.58. The van der Waals surface area contributed by atoms with Gasteiger partial charge in [0.1, 0.15) is 11.4 Å². The fourth-order valence-corrected chi connectivity index (χ4v) is 1.47. The van der Waals surface area contributed by atoms with Crippen LogP contribution in [0.3, 0.4) is 0 Å². The lowest BCUT2D eigenvalue weighted by Crippen LogP contribution is -1.99. The number of hydrogen-bond donors (Lipinski definition) is 2. The highest BCUT2D eigenvalue weighted by molar-refractivity contribution is 9.10. The van der Waals surface area contributed by atoms with Crippen molar-refractivity contribution in [3.8, 4) is 11.5 Å². The molecule has 2 aromatic heterocycles. The molecule has 78 valence electrons. The Morgan fingerprint density at radius 2 is 1.87 bits per heavy atom. The Kier molecular flexibility index (Phi) is 2.31. The predicted molar refractivity (Wildman–Crippen MR) is 60.8 cm³/mol. The molecule has 0 aliphatic heterocycles. The molecule has 0 atom stereocenters. The molecule has 0 aromatic carbocycles. The van der Waals surface area contributed by atoms with E-state index in [-0.39, 0.29) is 0 Å². The summed E-state index contributed by atoms with van der Waals surface area (Å²) in [5.41, 5.74) is 12.4. The molecule has 2 heterocycles. The molecule has 0 unspecified atom stereocenters. The van der Waals surface area contributed by atoms with Gasteiger partial charge in [-0.25, -0.2) is 9.97 Å². The van der Waals surface area contributed by atoms with Crippen LogP contribution >= 0.6 is 15.9 Å². The lowest BCUT2D eigenvalue weighted by Gasteiger charge is -2.00. The Morgan fingerprint density at radius 3 is 2.33 bits per heavy atom. The van der Waals surface area contributed by atoms with Crippen LogP contribution in [0.1, 0.15) is 0 Å². The number of rotatable bonds is 1. The van der Waals surface area contributed by atoms with Gasteiger partial charge in [-0.1, -0.05) is 0 Å². The van der Waals surface area contributed by atoms with E-state index in [0.29, 0.717) is 23.0 Å². The Morgan fingerprint density at radius 1 is 1.27 bits per heavy atom. The minimum atomic E-state index is 0.291. The smallest absolute Gasteiger partial charge is 0.180 e. The summed E-state index contributed by atoms with van der Waals surface area (Å²) in [6, 6.07) is 0. The molecule has 6 nitrogen and oxygen atoms in total. The zero-order valence-corrected chi connectivity index (χ0v) is 9.56. The topological polar surface area (TPSA) is 95.6 Å². The van der Waals surface area contributed by atoms with Crippen molar-refractivity contribution in [1.29, 1.82) is 0 Å². The minimum absolute atomic E-state index is 0.291. The van der Waals surface area contributed by atoms with Gasteiger partial charge < -0.3 is 11.5 Å². The third-order valence-electron chi connectivity index (χ3n) is 1.94. The van der Waals surface area contributed by atoms with Gasteiger partial charge in [0, 0.05) is 19.4 Å². The Bertz CT molecular complexity index is 489. The molecule has 0 amide bonds. The van der Waals surface area contributed by atoms with Crippen molar-refractivity contribution in [2.75, 3.05) is 11.5 Å². The zero-order valence-electron chi connectivity index (χ0n) is 7.98. The van der Waals surface area contributed by atoms with E-state index in [1.54, 1.807) is 24.1 Å². The minimum Gasteiger partial charge on any atom is -0.394 e. The van der Waals surface area contributed by atoms with Crippen LogP contribution in [-0.4, -0.2) is 19.7 Å². The van der Waals surface area contributed by atoms with Crippen LogP contribution in [-0.2, 0) is 7.05 Å². The van der Waals surface area contributed by atoms with Crippen LogP contribution in [0.2, 0.25) is 0 Å².